The molecule has 1 N–H and O–H groups in total. The number of carboxylic acids is 1. The number of hydrogen-bond donors (Lipinski definition) is 1. The average molecular weight is 258 g/mol. The molecule has 0 radical (unpaired) electrons. The summed E-state index contributed by atoms with van der Waals surface area (Å²) in [5, 5.41) is 9.19. The van der Waals surface area contributed by atoms with E-state index in [1.54, 1.807) is 20.8 Å². The summed E-state index contributed by atoms with van der Waals surface area (Å²) in [5.41, 5.74) is -0.609. The molecule has 1 aliphatic heterocycles. The lowest BCUT2D eigenvalue weighted by atomic mass is 10.1. The van der Waals surface area contributed by atoms with Crippen molar-refractivity contribution in [1.29, 1.82) is 0 Å². The van der Waals surface area contributed by atoms with Gasteiger partial charge in [-0.15, -0.1) is 0 Å². The number of carbonyl (C=O) groups excluding carboxylic acids is 1. The van der Waals surface area contributed by atoms with Crippen LogP contribution in [-0.2, 0) is 9.53 Å². The van der Waals surface area contributed by atoms with Crippen molar-refractivity contribution in [3.8, 4) is 0 Å². The number of likely N-dealkylation sites (N-methyl/N-ethyl adjacent to an activating group) is 1. The Kier molecular flexibility index (Phi) is 4.56. The third-order valence-corrected chi connectivity index (χ3v) is 2.82. The first kappa shape index (κ1) is 14.8. The molecule has 1 saturated heterocycles. The zero-order valence-corrected chi connectivity index (χ0v) is 11.5. The predicted octanol–water partition coefficient (Wildman–Crippen LogP) is 1.01. The molecule has 0 aromatic carbocycles. The molecule has 1 atom stereocenters. The summed E-state index contributed by atoms with van der Waals surface area (Å²) in [5.74, 6) is -0.987. The van der Waals surface area contributed by atoms with Gasteiger partial charge in [-0.05, 0) is 27.3 Å². The molecule has 104 valence electrons. The molecule has 1 fully saturated rings. The van der Waals surface area contributed by atoms with E-state index in [9.17, 15) is 14.7 Å². The van der Waals surface area contributed by atoms with Crippen LogP contribution >= 0.6 is 0 Å². The number of aliphatic carboxylic acids is 1. The lowest BCUT2D eigenvalue weighted by Crippen LogP contribution is -2.58. The Labute approximate surface area is 107 Å². The highest BCUT2D eigenvalue weighted by Gasteiger charge is 2.36. The van der Waals surface area contributed by atoms with Crippen molar-refractivity contribution >= 4 is 12.1 Å². The standard InChI is InChI=1S/C12H22N2O4/c1-5-13-6-7-14(9(8-13)10(15)16)11(17)18-12(2,3)4/h9H,5-8H2,1-4H3,(H,15,16). The fourth-order valence-electron chi connectivity index (χ4n) is 1.88. The molecule has 6 heteroatoms. The van der Waals surface area contributed by atoms with Crippen LogP contribution in [0.2, 0.25) is 0 Å². The van der Waals surface area contributed by atoms with Crippen LogP contribution in [0.25, 0.3) is 0 Å². The lowest BCUT2D eigenvalue weighted by Gasteiger charge is -2.39. The summed E-state index contributed by atoms with van der Waals surface area (Å²) in [7, 11) is 0. The van der Waals surface area contributed by atoms with E-state index in [1.807, 2.05) is 11.8 Å². The van der Waals surface area contributed by atoms with Crippen LogP contribution in [0.5, 0.6) is 0 Å². The number of carboxylic acid groups (broad SMARTS) is 1. The Morgan fingerprint density at radius 3 is 2.39 bits per heavy atom. The molecule has 6 nitrogen and oxygen atoms in total. The van der Waals surface area contributed by atoms with Gasteiger partial charge in [-0.3, -0.25) is 9.80 Å². The maximum absolute atomic E-state index is 11.9. The summed E-state index contributed by atoms with van der Waals surface area (Å²) < 4.78 is 5.23. The molecule has 1 rings (SSSR count). The monoisotopic (exact) mass is 258 g/mol. The van der Waals surface area contributed by atoms with Crippen LogP contribution in [0.3, 0.4) is 0 Å². The number of carbonyl (C=O) groups is 2. The second-order valence-corrected chi connectivity index (χ2v) is 5.42. The minimum Gasteiger partial charge on any atom is -0.480 e. The van der Waals surface area contributed by atoms with E-state index in [4.69, 9.17) is 4.74 Å². The van der Waals surface area contributed by atoms with Crippen molar-refractivity contribution in [2.24, 2.45) is 0 Å². The zero-order valence-electron chi connectivity index (χ0n) is 11.5. The Hall–Kier alpha value is -1.30. The van der Waals surface area contributed by atoms with Gasteiger partial charge < -0.3 is 9.84 Å². The average Bonchev–Trinajstić information content (AvgIpc) is 2.25. The maximum atomic E-state index is 11.9. The molecule has 1 aliphatic rings. The van der Waals surface area contributed by atoms with Crippen molar-refractivity contribution < 1.29 is 19.4 Å². The van der Waals surface area contributed by atoms with Gasteiger partial charge in [-0.25, -0.2) is 9.59 Å². The topological polar surface area (TPSA) is 70.1 Å². The third-order valence-electron chi connectivity index (χ3n) is 2.82. The highest BCUT2D eigenvalue weighted by Crippen LogP contribution is 2.15. The minimum absolute atomic E-state index is 0.352. The molecule has 0 aromatic heterocycles. The van der Waals surface area contributed by atoms with Crippen LogP contribution in [0.4, 0.5) is 4.79 Å². The van der Waals surface area contributed by atoms with Gasteiger partial charge in [0.1, 0.15) is 11.6 Å². The maximum Gasteiger partial charge on any atom is 0.411 e. The van der Waals surface area contributed by atoms with E-state index in [2.05, 4.69) is 0 Å². The lowest BCUT2D eigenvalue weighted by molar-refractivity contribution is -0.145. The summed E-state index contributed by atoms with van der Waals surface area (Å²) >= 11 is 0. The second kappa shape index (κ2) is 5.56. The molecule has 1 unspecified atom stereocenters. The van der Waals surface area contributed by atoms with Crippen molar-refractivity contribution in [2.45, 2.75) is 39.3 Å². The van der Waals surface area contributed by atoms with Crippen LogP contribution in [0, 0.1) is 0 Å². The molecule has 1 heterocycles. The molecule has 0 bridgehead atoms. The highest BCUT2D eigenvalue weighted by atomic mass is 16.6. The molecular weight excluding hydrogens is 236 g/mol. The number of hydrogen-bond acceptors (Lipinski definition) is 4. The number of nitrogens with zero attached hydrogens (tertiary/aromatic N) is 2. The van der Waals surface area contributed by atoms with Crippen molar-refractivity contribution in [1.82, 2.24) is 9.80 Å². The van der Waals surface area contributed by atoms with Gasteiger partial charge in [0, 0.05) is 19.6 Å². The van der Waals surface area contributed by atoms with E-state index in [0.717, 1.165) is 6.54 Å². The number of ether oxygens (including phenoxy) is 1. The van der Waals surface area contributed by atoms with Crippen LogP contribution in [-0.4, -0.2) is 64.8 Å². The third kappa shape index (κ3) is 3.87. The summed E-state index contributed by atoms with van der Waals surface area (Å²) in [6.45, 7) is 9.48. The van der Waals surface area contributed by atoms with E-state index < -0.39 is 23.7 Å². The SMILES string of the molecule is CCN1CCN(C(=O)OC(C)(C)C)C(C(=O)O)C1. The molecule has 18 heavy (non-hydrogen) atoms. The second-order valence-electron chi connectivity index (χ2n) is 5.42. The largest absolute Gasteiger partial charge is 0.480 e. The number of piperazine rings is 1. The van der Waals surface area contributed by atoms with Gasteiger partial charge in [-0.1, -0.05) is 6.92 Å². The van der Waals surface area contributed by atoms with Crippen LogP contribution < -0.4 is 0 Å². The van der Waals surface area contributed by atoms with Gasteiger partial charge in [0.25, 0.3) is 0 Å². The first-order valence-corrected chi connectivity index (χ1v) is 6.19. The van der Waals surface area contributed by atoms with Crippen LogP contribution in [0.15, 0.2) is 0 Å². The molecular formula is C12H22N2O4. The van der Waals surface area contributed by atoms with Gasteiger partial charge >= 0.3 is 12.1 Å². The molecule has 0 aromatic rings. The smallest absolute Gasteiger partial charge is 0.411 e. The van der Waals surface area contributed by atoms with E-state index in [1.165, 1.54) is 4.90 Å². The summed E-state index contributed by atoms with van der Waals surface area (Å²) in [4.78, 5) is 26.5. The highest BCUT2D eigenvalue weighted by molar-refractivity contribution is 5.80. The van der Waals surface area contributed by atoms with Crippen molar-refractivity contribution in [3.05, 3.63) is 0 Å². The first-order chi connectivity index (χ1) is 8.24. The van der Waals surface area contributed by atoms with Gasteiger partial charge in [0.15, 0.2) is 0 Å². The molecule has 0 aliphatic carbocycles. The minimum atomic E-state index is -0.987. The Morgan fingerprint density at radius 1 is 1.33 bits per heavy atom. The molecule has 0 spiro atoms. The van der Waals surface area contributed by atoms with Crippen molar-refractivity contribution in [3.63, 3.8) is 0 Å². The molecule has 0 saturated carbocycles. The quantitative estimate of drug-likeness (QED) is 0.800. The van der Waals surface area contributed by atoms with Crippen molar-refractivity contribution in [2.75, 3.05) is 26.2 Å². The number of rotatable bonds is 2. The summed E-state index contributed by atoms with van der Waals surface area (Å²) in [6.07, 6.45) is -0.550. The van der Waals surface area contributed by atoms with Gasteiger partial charge in [0.05, 0.1) is 0 Å². The fraction of sp³-hybridized carbons (Fsp3) is 0.833. The van der Waals surface area contributed by atoms with Gasteiger partial charge in [-0.2, -0.15) is 0 Å². The Balaban J connectivity index is 2.74. The Morgan fingerprint density at radius 2 is 1.94 bits per heavy atom. The van der Waals surface area contributed by atoms with E-state index in [0.29, 0.717) is 19.6 Å². The predicted molar refractivity (Wildman–Crippen MR) is 66.5 cm³/mol. The normalized spacial score (nSPS) is 21.8. The molecule has 1 amide bonds. The zero-order chi connectivity index (χ0) is 13.9. The van der Waals surface area contributed by atoms with E-state index >= 15 is 0 Å². The number of amides is 1. The van der Waals surface area contributed by atoms with Crippen LogP contribution in [0.1, 0.15) is 27.7 Å². The fourth-order valence-corrected chi connectivity index (χ4v) is 1.88. The first-order valence-electron chi connectivity index (χ1n) is 6.19. The Bertz CT molecular complexity index is 325. The summed E-state index contributed by atoms with van der Waals surface area (Å²) in [6, 6.07) is -0.825. The van der Waals surface area contributed by atoms with Gasteiger partial charge in [0.2, 0.25) is 0 Å². The van der Waals surface area contributed by atoms with E-state index in [-0.39, 0.29) is 0 Å².